The molecule has 26 heavy (non-hydrogen) atoms. The number of hydrogen-bond acceptors (Lipinski definition) is 5. The van der Waals surface area contributed by atoms with E-state index in [4.69, 9.17) is 4.74 Å². The van der Waals surface area contributed by atoms with E-state index in [-0.39, 0.29) is 18.3 Å². The maximum absolute atomic E-state index is 12.8. The van der Waals surface area contributed by atoms with Gasteiger partial charge in [-0.15, -0.1) is 0 Å². The highest BCUT2D eigenvalue weighted by Crippen LogP contribution is 2.12. The molecule has 0 aromatic heterocycles. The molecule has 0 heterocycles. The molecule has 2 aromatic rings. The van der Waals surface area contributed by atoms with Crippen LogP contribution in [0, 0.1) is 5.82 Å². The van der Waals surface area contributed by atoms with Gasteiger partial charge in [-0.05, 0) is 49.5 Å². The summed E-state index contributed by atoms with van der Waals surface area (Å²) >= 11 is 0. The molecule has 6 nitrogen and oxygen atoms in total. The van der Waals surface area contributed by atoms with Crippen molar-refractivity contribution in [3.8, 4) is 5.75 Å². The van der Waals surface area contributed by atoms with Crippen LogP contribution in [0.25, 0.3) is 0 Å². The zero-order valence-corrected chi connectivity index (χ0v) is 14.7. The van der Waals surface area contributed by atoms with Crippen LogP contribution in [-0.4, -0.2) is 50.6 Å². The van der Waals surface area contributed by atoms with Crippen molar-refractivity contribution in [2.75, 3.05) is 39.2 Å². The molecule has 2 rings (SSSR count). The van der Waals surface area contributed by atoms with Gasteiger partial charge in [-0.2, -0.15) is 0 Å². The minimum atomic E-state index is -0.462. The zero-order chi connectivity index (χ0) is 18.9. The van der Waals surface area contributed by atoms with Crippen molar-refractivity contribution in [3.05, 3.63) is 59.9 Å². The van der Waals surface area contributed by atoms with Gasteiger partial charge in [0.25, 0.3) is 0 Å². The molecule has 0 atom stereocenters. The van der Waals surface area contributed by atoms with Crippen molar-refractivity contribution in [2.24, 2.45) is 0 Å². The summed E-state index contributed by atoms with van der Waals surface area (Å²) in [5.74, 6) is -0.418. The molecule has 0 aliphatic carbocycles. The Balaban J connectivity index is 1.76. The van der Waals surface area contributed by atoms with Crippen molar-refractivity contribution >= 4 is 17.6 Å². The SMILES string of the molecule is COC(=O)c1cccc(NC(=O)CN(C)CCOc2ccc(F)cc2)c1. The first-order valence-corrected chi connectivity index (χ1v) is 8.03. The van der Waals surface area contributed by atoms with Crippen molar-refractivity contribution in [1.29, 1.82) is 0 Å². The molecular weight excluding hydrogens is 339 g/mol. The lowest BCUT2D eigenvalue weighted by molar-refractivity contribution is -0.117. The molecule has 0 saturated carbocycles. The normalized spacial score (nSPS) is 10.5. The van der Waals surface area contributed by atoms with Crippen LogP contribution in [0.5, 0.6) is 5.75 Å². The smallest absolute Gasteiger partial charge is 0.337 e. The largest absolute Gasteiger partial charge is 0.492 e. The summed E-state index contributed by atoms with van der Waals surface area (Å²) in [5, 5.41) is 2.74. The molecule has 0 unspecified atom stereocenters. The number of esters is 1. The highest BCUT2D eigenvalue weighted by atomic mass is 19.1. The number of methoxy groups -OCH3 is 1. The topological polar surface area (TPSA) is 67.9 Å². The average molecular weight is 360 g/mol. The number of anilines is 1. The predicted molar refractivity (Wildman–Crippen MR) is 95.8 cm³/mol. The molecule has 0 aliphatic rings. The average Bonchev–Trinajstić information content (AvgIpc) is 2.62. The summed E-state index contributed by atoms with van der Waals surface area (Å²) in [4.78, 5) is 25.4. The third kappa shape index (κ3) is 6.18. The van der Waals surface area contributed by atoms with Gasteiger partial charge >= 0.3 is 5.97 Å². The minimum Gasteiger partial charge on any atom is -0.492 e. The van der Waals surface area contributed by atoms with E-state index >= 15 is 0 Å². The first-order valence-electron chi connectivity index (χ1n) is 8.03. The summed E-state index contributed by atoms with van der Waals surface area (Å²) in [6, 6.07) is 12.3. The second-order valence-electron chi connectivity index (χ2n) is 5.66. The Bertz CT molecular complexity index is 749. The Labute approximate surface area is 151 Å². The molecule has 0 fully saturated rings. The van der Waals surface area contributed by atoms with Crippen LogP contribution in [-0.2, 0) is 9.53 Å². The van der Waals surface area contributed by atoms with Crippen molar-refractivity contribution in [1.82, 2.24) is 4.90 Å². The second kappa shape index (κ2) is 9.53. The minimum absolute atomic E-state index is 0.162. The van der Waals surface area contributed by atoms with E-state index in [1.165, 1.54) is 19.2 Å². The Hall–Kier alpha value is -2.93. The number of nitrogens with zero attached hydrogens (tertiary/aromatic N) is 1. The third-order valence-electron chi connectivity index (χ3n) is 3.54. The van der Waals surface area contributed by atoms with Crippen LogP contribution in [0.2, 0.25) is 0 Å². The number of amides is 1. The second-order valence-corrected chi connectivity index (χ2v) is 5.66. The molecule has 0 spiro atoms. The van der Waals surface area contributed by atoms with Gasteiger partial charge in [0.15, 0.2) is 0 Å². The molecule has 138 valence electrons. The van der Waals surface area contributed by atoms with Gasteiger partial charge in [0.2, 0.25) is 5.91 Å². The Kier molecular flexibility index (Phi) is 7.11. The molecule has 0 aliphatic heterocycles. The first-order chi connectivity index (χ1) is 12.5. The Morgan fingerprint density at radius 3 is 2.58 bits per heavy atom. The molecule has 1 N–H and O–H groups in total. The number of carbonyl (C=O) groups is 2. The lowest BCUT2D eigenvalue weighted by atomic mass is 10.2. The monoisotopic (exact) mass is 360 g/mol. The maximum atomic E-state index is 12.8. The number of halogens is 1. The van der Waals surface area contributed by atoms with E-state index in [2.05, 4.69) is 10.1 Å². The summed E-state index contributed by atoms with van der Waals surface area (Å²) in [5.41, 5.74) is 0.889. The van der Waals surface area contributed by atoms with Gasteiger partial charge in [-0.1, -0.05) is 6.07 Å². The van der Waals surface area contributed by atoms with E-state index in [1.807, 2.05) is 0 Å². The summed E-state index contributed by atoms with van der Waals surface area (Å²) < 4.78 is 23.0. The van der Waals surface area contributed by atoms with Crippen molar-refractivity contribution < 1.29 is 23.5 Å². The van der Waals surface area contributed by atoms with Gasteiger partial charge < -0.3 is 14.8 Å². The molecule has 7 heteroatoms. The van der Waals surface area contributed by atoms with Gasteiger partial charge in [0, 0.05) is 12.2 Å². The highest BCUT2D eigenvalue weighted by molar-refractivity contribution is 5.95. The fourth-order valence-corrected chi connectivity index (χ4v) is 2.22. The molecule has 0 bridgehead atoms. The number of hydrogen-bond donors (Lipinski definition) is 1. The van der Waals surface area contributed by atoms with E-state index in [9.17, 15) is 14.0 Å². The maximum Gasteiger partial charge on any atom is 0.337 e. The van der Waals surface area contributed by atoms with E-state index in [0.717, 1.165) is 0 Å². The van der Waals surface area contributed by atoms with E-state index in [1.54, 1.807) is 48.3 Å². The van der Waals surface area contributed by atoms with Gasteiger partial charge in [-0.25, -0.2) is 9.18 Å². The number of benzene rings is 2. The molecule has 2 aromatic carbocycles. The van der Waals surface area contributed by atoms with Crippen LogP contribution >= 0.6 is 0 Å². The van der Waals surface area contributed by atoms with Crippen LogP contribution in [0.3, 0.4) is 0 Å². The van der Waals surface area contributed by atoms with Gasteiger partial charge in [-0.3, -0.25) is 9.69 Å². The number of ether oxygens (including phenoxy) is 2. The van der Waals surface area contributed by atoms with E-state index in [0.29, 0.717) is 30.2 Å². The summed E-state index contributed by atoms with van der Waals surface area (Å²) in [7, 11) is 3.09. The standard InChI is InChI=1S/C19H21FN2O4/c1-22(10-11-26-17-8-6-15(20)7-9-17)13-18(23)21-16-5-3-4-14(12-16)19(24)25-2/h3-9,12H,10-11,13H2,1-2H3,(H,21,23). The number of likely N-dealkylation sites (N-methyl/N-ethyl adjacent to an activating group) is 1. The number of nitrogens with one attached hydrogen (secondary N) is 1. The number of rotatable bonds is 8. The lowest BCUT2D eigenvalue weighted by Gasteiger charge is -2.16. The Morgan fingerprint density at radius 2 is 1.88 bits per heavy atom. The summed E-state index contributed by atoms with van der Waals surface area (Å²) in [6.45, 7) is 1.05. The molecule has 0 radical (unpaired) electrons. The van der Waals surface area contributed by atoms with E-state index < -0.39 is 5.97 Å². The fraction of sp³-hybridized carbons (Fsp3) is 0.263. The quantitative estimate of drug-likeness (QED) is 0.733. The van der Waals surface area contributed by atoms with Crippen molar-refractivity contribution in [3.63, 3.8) is 0 Å². The van der Waals surface area contributed by atoms with Crippen molar-refractivity contribution in [2.45, 2.75) is 0 Å². The van der Waals surface area contributed by atoms with Crippen LogP contribution in [0.1, 0.15) is 10.4 Å². The predicted octanol–water partition coefficient (Wildman–Crippen LogP) is 2.56. The van der Waals surface area contributed by atoms with Crippen LogP contribution < -0.4 is 10.1 Å². The molecule has 0 saturated heterocycles. The van der Waals surface area contributed by atoms with Crippen LogP contribution in [0.4, 0.5) is 10.1 Å². The van der Waals surface area contributed by atoms with Gasteiger partial charge in [0.05, 0.1) is 19.2 Å². The Morgan fingerprint density at radius 1 is 1.15 bits per heavy atom. The molecular formula is C19H21FN2O4. The number of carbonyl (C=O) groups excluding carboxylic acids is 2. The lowest BCUT2D eigenvalue weighted by Crippen LogP contribution is -2.33. The summed E-state index contributed by atoms with van der Waals surface area (Å²) in [6.07, 6.45) is 0. The third-order valence-corrected chi connectivity index (χ3v) is 3.54. The highest BCUT2D eigenvalue weighted by Gasteiger charge is 2.10. The first kappa shape index (κ1) is 19.4. The van der Waals surface area contributed by atoms with Crippen LogP contribution in [0.15, 0.2) is 48.5 Å². The van der Waals surface area contributed by atoms with Gasteiger partial charge in [0.1, 0.15) is 18.2 Å². The zero-order valence-electron chi connectivity index (χ0n) is 14.7. The fourth-order valence-electron chi connectivity index (χ4n) is 2.22. The molecule has 1 amide bonds.